The highest BCUT2D eigenvalue weighted by Crippen LogP contribution is 2.37. The zero-order valence-corrected chi connectivity index (χ0v) is 23.8. The molecule has 1 fully saturated rings. The van der Waals surface area contributed by atoms with E-state index in [0.29, 0.717) is 17.0 Å². The van der Waals surface area contributed by atoms with E-state index in [1.165, 1.54) is 37.2 Å². The number of Topliss-reactive ketones (excluding diaryl/α,β-unsaturated/α-hetero) is 1. The highest BCUT2D eigenvalue weighted by Gasteiger charge is 2.28. The lowest BCUT2D eigenvalue weighted by Crippen LogP contribution is -2.35. The number of nitrogens with zero attached hydrogens (tertiary/aromatic N) is 7. The molecule has 4 aromatic heterocycles. The fourth-order valence-electron chi connectivity index (χ4n) is 5.81. The maximum atomic E-state index is 13.8. The van der Waals surface area contributed by atoms with Crippen LogP contribution in [0.25, 0.3) is 28.3 Å². The van der Waals surface area contributed by atoms with Crippen LogP contribution in [0, 0.1) is 18.7 Å². The van der Waals surface area contributed by atoms with E-state index in [-0.39, 0.29) is 29.6 Å². The summed E-state index contributed by atoms with van der Waals surface area (Å²) in [4.78, 5) is 28.4. The van der Waals surface area contributed by atoms with Crippen LogP contribution in [0.3, 0.4) is 0 Å². The molecule has 1 aliphatic heterocycles. The predicted octanol–water partition coefficient (Wildman–Crippen LogP) is 6.10. The van der Waals surface area contributed by atoms with Crippen molar-refractivity contribution in [2.24, 2.45) is 0 Å². The van der Waals surface area contributed by atoms with Crippen molar-refractivity contribution in [2.45, 2.75) is 52.0 Å². The van der Waals surface area contributed by atoms with Gasteiger partial charge in [-0.25, -0.2) is 23.9 Å². The number of fused-ring (bicyclic) bond motifs is 1. The molecule has 216 valence electrons. The summed E-state index contributed by atoms with van der Waals surface area (Å²) in [6.45, 7) is 7.42. The fourth-order valence-corrected chi connectivity index (χ4v) is 5.81. The number of unbranched alkanes of at least 4 members (excludes halogenated alkanes) is 1. The first-order chi connectivity index (χ1) is 20.4. The monoisotopic (exact) mass is 569 g/mol. The minimum Gasteiger partial charge on any atom is -0.323 e. The molecule has 0 saturated carbocycles. The number of hydrogen-bond acceptors (Lipinski definition) is 6. The Labute approximate surface area is 243 Å². The van der Waals surface area contributed by atoms with Crippen LogP contribution >= 0.6 is 0 Å². The van der Waals surface area contributed by atoms with Gasteiger partial charge < -0.3 is 9.47 Å². The second-order valence-electron chi connectivity index (χ2n) is 10.9. The summed E-state index contributed by atoms with van der Waals surface area (Å²) >= 11 is 0. The lowest BCUT2D eigenvalue weighted by molar-refractivity contribution is 0.0991. The van der Waals surface area contributed by atoms with Gasteiger partial charge in [-0.05, 0) is 75.2 Å². The third-order valence-electron chi connectivity index (χ3n) is 7.96. The zero-order valence-electron chi connectivity index (χ0n) is 23.8. The van der Waals surface area contributed by atoms with E-state index in [2.05, 4.69) is 26.4 Å². The number of imidazole rings is 2. The molecule has 8 nitrogen and oxygen atoms in total. The van der Waals surface area contributed by atoms with Crippen molar-refractivity contribution in [3.8, 4) is 22.6 Å². The van der Waals surface area contributed by atoms with E-state index >= 15 is 0 Å². The molecule has 5 aromatic rings. The molecule has 0 amide bonds. The topological polar surface area (TPSA) is 81.2 Å². The third kappa shape index (κ3) is 5.72. The Bertz CT molecular complexity index is 1720. The van der Waals surface area contributed by atoms with Gasteiger partial charge in [0, 0.05) is 42.5 Å². The first kappa shape index (κ1) is 27.8. The number of piperidine rings is 1. The van der Waals surface area contributed by atoms with Crippen molar-refractivity contribution in [1.29, 1.82) is 0 Å². The van der Waals surface area contributed by atoms with Crippen LogP contribution in [0.5, 0.6) is 0 Å². The summed E-state index contributed by atoms with van der Waals surface area (Å²) in [6.07, 6.45) is 7.42. The van der Waals surface area contributed by atoms with Crippen LogP contribution in [0.1, 0.15) is 60.5 Å². The van der Waals surface area contributed by atoms with Crippen LogP contribution in [-0.4, -0.2) is 59.5 Å². The molecule has 0 radical (unpaired) electrons. The van der Waals surface area contributed by atoms with Crippen LogP contribution in [-0.2, 0) is 6.42 Å². The van der Waals surface area contributed by atoms with Gasteiger partial charge >= 0.3 is 0 Å². The van der Waals surface area contributed by atoms with Gasteiger partial charge in [0.1, 0.15) is 17.3 Å². The standard InChI is InChI=1S/C32H33F2N7O/c1-3-4-15-39-16-12-26(13-17-39)41-21(2)36-31(22-5-7-24(33)8-6-22)32(41)27-9-10-30-37-25(20-40(30)38-27)19-28(42)23-11-14-35-29(34)18-23/h5-11,14,18,20,26H,3-4,12-13,15-17,19H2,1-2H3. The average Bonchev–Trinajstić information content (AvgIpc) is 3.56. The van der Waals surface area contributed by atoms with E-state index in [0.717, 1.165) is 61.3 Å². The number of hydrogen-bond donors (Lipinski definition) is 0. The molecular formula is C32H33F2N7O. The van der Waals surface area contributed by atoms with Gasteiger partial charge in [0.05, 0.1) is 29.7 Å². The Morgan fingerprint density at radius 2 is 1.81 bits per heavy atom. The number of halogens is 2. The summed E-state index contributed by atoms with van der Waals surface area (Å²) in [7, 11) is 0. The molecule has 6 rings (SSSR count). The summed E-state index contributed by atoms with van der Waals surface area (Å²) in [6, 6.07) is 13.1. The Kier molecular flexibility index (Phi) is 7.88. The molecule has 1 aliphatic rings. The predicted molar refractivity (Wildman–Crippen MR) is 156 cm³/mol. The summed E-state index contributed by atoms with van der Waals surface area (Å²) in [5.74, 6) is -0.361. The minimum atomic E-state index is -0.697. The van der Waals surface area contributed by atoms with E-state index in [1.807, 2.05) is 19.1 Å². The lowest BCUT2D eigenvalue weighted by atomic mass is 10.0. The minimum absolute atomic E-state index is 0.0105. The Hall–Kier alpha value is -4.31. The number of carbonyl (C=O) groups is 1. The molecule has 0 aliphatic carbocycles. The van der Waals surface area contributed by atoms with Crippen molar-refractivity contribution >= 4 is 11.4 Å². The third-order valence-corrected chi connectivity index (χ3v) is 7.96. The SMILES string of the molecule is CCCCN1CCC(n2c(C)nc(-c3ccc(F)cc3)c2-c2ccc3nc(CC(=O)c4ccnc(F)c4)cn3n2)CC1. The zero-order chi connectivity index (χ0) is 29.2. The van der Waals surface area contributed by atoms with Crippen molar-refractivity contribution in [2.75, 3.05) is 19.6 Å². The molecular weight excluding hydrogens is 536 g/mol. The van der Waals surface area contributed by atoms with E-state index < -0.39 is 5.95 Å². The largest absolute Gasteiger partial charge is 0.323 e. The van der Waals surface area contributed by atoms with Crippen molar-refractivity contribution in [1.82, 2.24) is 34.0 Å². The quantitative estimate of drug-likeness (QED) is 0.158. The molecule has 0 spiro atoms. The smallest absolute Gasteiger partial charge is 0.213 e. The lowest BCUT2D eigenvalue weighted by Gasteiger charge is -2.33. The van der Waals surface area contributed by atoms with Crippen LogP contribution in [0.4, 0.5) is 8.78 Å². The first-order valence-corrected chi connectivity index (χ1v) is 14.5. The van der Waals surface area contributed by atoms with E-state index in [9.17, 15) is 13.6 Å². The van der Waals surface area contributed by atoms with Gasteiger partial charge in [-0.1, -0.05) is 13.3 Å². The Balaban J connectivity index is 1.36. The molecule has 0 atom stereocenters. The Morgan fingerprint density at radius 3 is 2.55 bits per heavy atom. The number of benzene rings is 1. The number of pyridine rings is 1. The van der Waals surface area contributed by atoms with Gasteiger partial charge in [0.15, 0.2) is 11.4 Å². The molecule has 0 unspecified atom stereocenters. The first-order valence-electron chi connectivity index (χ1n) is 14.5. The fraction of sp³-hybridized carbons (Fsp3) is 0.344. The second-order valence-corrected chi connectivity index (χ2v) is 10.9. The molecule has 42 heavy (non-hydrogen) atoms. The Morgan fingerprint density at radius 1 is 1.02 bits per heavy atom. The highest BCUT2D eigenvalue weighted by molar-refractivity contribution is 5.97. The number of ketones is 1. The highest BCUT2D eigenvalue weighted by atomic mass is 19.1. The van der Waals surface area contributed by atoms with Crippen LogP contribution < -0.4 is 0 Å². The molecule has 0 N–H and O–H groups in total. The number of aromatic nitrogens is 6. The van der Waals surface area contributed by atoms with Gasteiger partial charge in [0.2, 0.25) is 5.95 Å². The van der Waals surface area contributed by atoms with Gasteiger partial charge in [-0.2, -0.15) is 9.49 Å². The van der Waals surface area contributed by atoms with Gasteiger partial charge in [-0.15, -0.1) is 0 Å². The summed E-state index contributed by atoms with van der Waals surface area (Å²) < 4.78 is 31.3. The van der Waals surface area contributed by atoms with Crippen LogP contribution in [0.2, 0.25) is 0 Å². The van der Waals surface area contributed by atoms with E-state index in [1.54, 1.807) is 22.8 Å². The number of carbonyl (C=O) groups excluding carboxylic acids is 1. The van der Waals surface area contributed by atoms with Gasteiger partial charge in [-0.3, -0.25) is 4.79 Å². The van der Waals surface area contributed by atoms with Crippen molar-refractivity contribution < 1.29 is 13.6 Å². The molecule has 1 aromatic carbocycles. The van der Waals surface area contributed by atoms with Crippen molar-refractivity contribution in [3.05, 3.63) is 89.8 Å². The maximum absolute atomic E-state index is 13.8. The average molecular weight is 570 g/mol. The van der Waals surface area contributed by atoms with Crippen molar-refractivity contribution in [3.63, 3.8) is 0 Å². The maximum Gasteiger partial charge on any atom is 0.213 e. The number of aryl methyl sites for hydroxylation is 1. The summed E-state index contributed by atoms with van der Waals surface area (Å²) in [5.41, 5.74) is 4.54. The second kappa shape index (κ2) is 11.9. The van der Waals surface area contributed by atoms with Crippen LogP contribution in [0.15, 0.2) is 60.9 Å². The van der Waals surface area contributed by atoms with E-state index in [4.69, 9.17) is 10.1 Å². The molecule has 0 bridgehead atoms. The summed E-state index contributed by atoms with van der Waals surface area (Å²) in [5, 5.41) is 4.92. The number of rotatable bonds is 9. The van der Waals surface area contributed by atoms with Gasteiger partial charge in [0.25, 0.3) is 0 Å². The normalized spacial score (nSPS) is 14.6. The molecule has 10 heteroatoms. The molecule has 1 saturated heterocycles. The molecule has 5 heterocycles. The number of likely N-dealkylation sites (tertiary alicyclic amines) is 1.